The van der Waals surface area contributed by atoms with Crippen molar-refractivity contribution in [1.82, 2.24) is 0 Å². The third-order valence-corrected chi connectivity index (χ3v) is 11.7. The van der Waals surface area contributed by atoms with Gasteiger partial charge in [-0.25, -0.2) is 0 Å². The van der Waals surface area contributed by atoms with Crippen LogP contribution in [0.3, 0.4) is 0 Å². The number of esters is 3. The van der Waals surface area contributed by atoms with Gasteiger partial charge in [-0.1, -0.05) is 238 Å². The molecule has 6 heteroatoms. The first-order valence-corrected chi connectivity index (χ1v) is 28.7. The average molecular weight is 982 g/mol. The maximum Gasteiger partial charge on any atom is 0.306 e. The van der Waals surface area contributed by atoms with Gasteiger partial charge in [0, 0.05) is 19.3 Å². The Bertz CT molecular complexity index is 1550. The van der Waals surface area contributed by atoms with Gasteiger partial charge in [-0.2, -0.15) is 0 Å². The van der Waals surface area contributed by atoms with E-state index in [1.807, 2.05) is 0 Å². The molecule has 1 atom stereocenters. The molecule has 0 aromatic heterocycles. The fourth-order valence-corrected chi connectivity index (χ4v) is 7.41. The second kappa shape index (κ2) is 58.1. The van der Waals surface area contributed by atoms with Crippen LogP contribution in [0.15, 0.2) is 134 Å². The Labute approximate surface area is 436 Å². The van der Waals surface area contributed by atoms with Crippen molar-refractivity contribution >= 4 is 17.9 Å². The van der Waals surface area contributed by atoms with Gasteiger partial charge in [-0.05, 0) is 116 Å². The van der Waals surface area contributed by atoms with Crippen LogP contribution in [0.2, 0.25) is 0 Å². The zero-order valence-corrected chi connectivity index (χ0v) is 45.7. The van der Waals surface area contributed by atoms with E-state index in [1.54, 1.807) is 0 Å². The smallest absolute Gasteiger partial charge is 0.306 e. The first-order valence-electron chi connectivity index (χ1n) is 28.7. The van der Waals surface area contributed by atoms with Crippen LogP contribution in [0.5, 0.6) is 0 Å². The fourth-order valence-electron chi connectivity index (χ4n) is 7.41. The number of rotatable bonds is 50. The highest BCUT2D eigenvalue weighted by molar-refractivity contribution is 5.71. The highest BCUT2D eigenvalue weighted by Gasteiger charge is 2.19. The van der Waals surface area contributed by atoms with Crippen LogP contribution >= 0.6 is 0 Å². The molecule has 71 heavy (non-hydrogen) atoms. The lowest BCUT2D eigenvalue weighted by molar-refractivity contribution is -0.167. The number of allylic oxidation sites excluding steroid dienone is 22. The van der Waals surface area contributed by atoms with Crippen molar-refractivity contribution in [2.24, 2.45) is 0 Å². The largest absolute Gasteiger partial charge is 0.462 e. The van der Waals surface area contributed by atoms with E-state index < -0.39 is 6.10 Å². The lowest BCUT2D eigenvalue weighted by Crippen LogP contribution is -2.30. The van der Waals surface area contributed by atoms with Crippen LogP contribution in [0.1, 0.15) is 239 Å². The van der Waals surface area contributed by atoms with Crippen LogP contribution in [-0.4, -0.2) is 37.2 Å². The van der Waals surface area contributed by atoms with Crippen LogP contribution in [-0.2, 0) is 28.6 Å². The molecule has 6 nitrogen and oxygen atoms in total. The molecule has 0 aliphatic carbocycles. The Kier molecular flexibility index (Phi) is 54.5. The summed E-state index contributed by atoms with van der Waals surface area (Å²) in [6.07, 6.45) is 82.0. The highest BCUT2D eigenvalue weighted by atomic mass is 16.6. The van der Waals surface area contributed by atoms with Gasteiger partial charge < -0.3 is 14.2 Å². The summed E-state index contributed by atoms with van der Waals surface area (Å²) in [6, 6.07) is 0. The summed E-state index contributed by atoms with van der Waals surface area (Å²) < 4.78 is 16.7. The van der Waals surface area contributed by atoms with E-state index in [-0.39, 0.29) is 37.5 Å². The van der Waals surface area contributed by atoms with Crippen molar-refractivity contribution in [1.29, 1.82) is 0 Å². The monoisotopic (exact) mass is 981 g/mol. The Hall–Kier alpha value is -4.45. The molecule has 0 aliphatic heterocycles. The molecule has 0 rings (SSSR count). The van der Waals surface area contributed by atoms with Crippen molar-refractivity contribution in [2.75, 3.05) is 13.2 Å². The van der Waals surface area contributed by atoms with Crippen molar-refractivity contribution in [3.8, 4) is 0 Å². The number of carbonyl (C=O) groups is 3. The van der Waals surface area contributed by atoms with Gasteiger partial charge in [0.05, 0.1) is 0 Å². The number of hydrogen-bond donors (Lipinski definition) is 0. The molecule has 1 unspecified atom stereocenters. The molecule has 0 aliphatic rings. The maximum absolute atomic E-state index is 12.8. The molecule has 0 aromatic carbocycles. The summed E-state index contributed by atoms with van der Waals surface area (Å²) in [6.45, 7) is 6.28. The first kappa shape index (κ1) is 66.6. The maximum atomic E-state index is 12.8. The third-order valence-electron chi connectivity index (χ3n) is 11.7. The topological polar surface area (TPSA) is 78.9 Å². The molecular weight excluding hydrogens is 877 g/mol. The molecule has 400 valence electrons. The Morgan fingerprint density at radius 1 is 0.296 bits per heavy atom. The summed E-state index contributed by atoms with van der Waals surface area (Å²) in [5.74, 6) is -0.953. The van der Waals surface area contributed by atoms with Gasteiger partial charge in [-0.3, -0.25) is 14.4 Å². The molecule has 0 aromatic rings. The molecule has 0 heterocycles. The second-order valence-corrected chi connectivity index (χ2v) is 18.4. The molecule has 0 saturated heterocycles. The van der Waals surface area contributed by atoms with Crippen LogP contribution in [0.4, 0.5) is 0 Å². The first-order chi connectivity index (χ1) is 35.0. The van der Waals surface area contributed by atoms with E-state index in [9.17, 15) is 14.4 Å². The van der Waals surface area contributed by atoms with Crippen LogP contribution in [0, 0.1) is 0 Å². The summed E-state index contributed by atoms with van der Waals surface area (Å²) >= 11 is 0. The third kappa shape index (κ3) is 56.3. The van der Waals surface area contributed by atoms with Gasteiger partial charge in [0.25, 0.3) is 0 Å². The Balaban J connectivity index is 4.16. The van der Waals surface area contributed by atoms with E-state index >= 15 is 0 Å². The van der Waals surface area contributed by atoms with Gasteiger partial charge >= 0.3 is 17.9 Å². The van der Waals surface area contributed by atoms with Crippen LogP contribution in [0.25, 0.3) is 0 Å². The normalized spacial score (nSPS) is 13.1. The number of carbonyl (C=O) groups excluding carboxylic acids is 3. The van der Waals surface area contributed by atoms with E-state index in [1.165, 1.54) is 51.4 Å². The van der Waals surface area contributed by atoms with E-state index in [0.717, 1.165) is 148 Å². The van der Waals surface area contributed by atoms with E-state index in [4.69, 9.17) is 14.2 Å². The minimum absolute atomic E-state index is 0.0969. The number of hydrogen-bond acceptors (Lipinski definition) is 6. The number of ether oxygens (including phenoxy) is 3. The predicted molar refractivity (Wildman–Crippen MR) is 306 cm³/mol. The summed E-state index contributed by atoms with van der Waals surface area (Å²) in [5.41, 5.74) is 0. The molecule has 0 radical (unpaired) electrons. The standard InChI is InChI=1S/C65H104O6/c1-4-7-10-13-15-17-19-21-23-25-27-28-29-30-31-32-33-34-35-36-38-39-41-43-45-47-49-52-55-58-64(67)70-61-62(60-69-63(66)57-54-51-12-9-6-3)71-65(68)59-56-53-50-48-46-44-42-40-37-26-24-22-20-18-16-14-11-8-5-2/h7-8,10-11,15-18,21-24,27-28,30-31,33-34,37,40,44,46,62H,4-6,9,12-14,19-20,25-26,29,32,35-36,38-39,41-43,45,47-61H2,1-3H3/b10-7-,11-8-,17-15-,18-16-,23-21-,24-22-,28-27-,31-30-,34-33-,40-37-,46-44-. The molecule has 0 saturated carbocycles. The molecule has 0 spiro atoms. The van der Waals surface area contributed by atoms with Gasteiger partial charge in [-0.15, -0.1) is 0 Å². The molecule has 0 N–H and O–H groups in total. The van der Waals surface area contributed by atoms with Gasteiger partial charge in [0.15, 0.2) is 6.10 Å². The van der Waals surface area contributed by atoms with E-state index in [0.29, 0.717) is 12.8 Å². The van der Waals surface area contributed by atoms with Crippen LogP contribution < -0.4 is 0 Å². The Morgan fingerprint density at radius 3 is 0.873 bits per heavy atom. The Morgan fingerprint density at radius 2 is 0.549 bits per heavy atom. The second-order valence-electron chi connectivity index (χ2n) is 18.4. The predicted octanol–water partition coefficient (Wildman–Crippen LogP) is 19.4. The lowest BCUT2D eigenvalue weighted by Gasteiger charge is -2.18. The minimum Gasteiger partial charge on any atom is -0.462 e. The average Bonchev–Trinajstić information content (AvgIpc) is 3.37. The highest BCUT2D eigenvalue weighted by Crippen LogP contribution is 2.14. The van der Waals surface area contributed by atoms with Gasteiger partial charge in [0.2, 0.25) is 0 Å². The van der Waals surface area contributed by atoms with Crippen molar-refractivity contribution in [3.05, 3.63) is 134 Å². The molecule has 0 fully saturated rings. The summed E-state index contributed by atoms with van der Waals surface area (Å²) in [7, 11) is 0. The minimum atomic E-state index is -0.798. The molecule has 0 bridgehead atoms. The van der Waals surface area contributed by atoms with Gasteiger partial charge in [0.1, 0.15) is 13.2 Å². The summed E-state index contributed by atoms with van der Waals surface area (Å²) in [4.78, 5) is 37.8. The fraction of sp³-hybridized carbons (Fsp3) is 0.615. The zero-order chi connectivity index (χ0) is 51.4. The lowest BCUT2D eigenvalue weighted by atomic mass is 10.1. The van der Waals surface area contributed by atoms with Crippen molar-refractivity contribution < 1.29 is 28.6 Å². The quantitative estimate of drug-likeness (QED) is 0.0262. The van der Waals surface area contributed by atoms with Crippen molar-refractivity contribution in [3.63, 3.8) is 0 Å². The van der Waals surface area contributed by atoms with Crippen molar-refractivity contribution in [2.45, 2.75) is 245 Å². The molecular formula is C65H104O6. The molecule has 0 amide bonds. The van der Waals surface area contributed by atoms with E-state index in [2.05, 4.69) is 154 Å². The SMILES string of the molecule is CC/C=C\C/C=C\C/C=C\C/C=C\C/C=C\C/C=C\CCCCCCCCCCCCC(=O)OCC(COC(=O)CCCCCCC)OC(=O)CCCCC/C=C\C/C=C\C/C=C\C/C=C\C/C=C\CC. The summed E-state index contributed by atoms with van der Waals surface area (Å²) in [5, 5.41) is 0. The number of unbranched alkanes of at least 4 members (excludes halogenated alkanes) is 17. The zero-order valence-electron chi connectivity index (χ0n) is 45.7.